The van der Waals surface area contributed by atoms with E-state index >= 15 is 0 Å². The van der Waals surface area contributed by atoms with Crippen molar-refractivity contribution >= 4 is 0 Å². The van der Waals surface area contributed by atoms with E-state index in [0.29, 0.717) is 36.0 Å². The highest BCUT2D eigenvalue weighted by molar-refractivity contribution is 5.17. The normalized spacial score (nSPS) is 43.9. The number of aliphatic hydroxyl groups is 3. The number of fused-ring (bicyclic) bond motifs is 5. The molecule has 4 aliphatic carbocycles. The minimum atomic E-state index is -1.68. The molecule has 4 fully saturated rings. The first-order chi connectivity index (χ1) is 15.1. The fraction of sp³-hybridized carbons (Fsp3) is 0.786. The van der Waals surface area contributed by atoms with Crippen LogP contribution in [0.4, 0.5) is 4.39 Å². The summed E-state index contributed by atoms with van der Waals surface area (Å²) in [5.74, 6) is 0.590. The molecular weight excluding hydrogens is 403 g/mol. The van der Waals surface area contributed by atoms with Crippen LogP contribution in [-0.4, -0.2) is 27.2 Å². The highest BCUT2D eigenvalue weighted by Crippen LogP contribution is 2.68. The highest BCUT2D eigenvalue weighted by Gasteiger charge is 2.62. The molecule has 1 aromatic rings. The van der Waals surface area contributed by atoms with Crippen LogP contribution >= 0.6 is 0 Å². The maximum absolute atomic E-state index is 13.2. The summed E-state index contributed by atoms with van der Waals surface area (Å²) in [7, 11) is 0. The van der Waals surface area contributed by atoms with Crippen LogP contribution in [0.3, 0.4) is 0 Å². The van der Waals surface area contributed by atoms with Crippen molar-refractivity contribution < 1.29 is 19.7 Å². The number of aryl methyl sites for hydroxylation is 1. The molecule has 0 saturated heterocycles. The molecule has 0 unspecified atom stereocenters. The molecule has 0 bridgehead atoms. The number of rotatable bonds is 4. The average Bonchev–Trinajstić information content (AvgIpc) is 3.12. The zero-order valence-corrected chi connectivity index (χ0v) is 19.8. The molecule has 178 valence electrons. The van der Waals surface area contributed by atoms with Gasteiger partial charge in [0.1, 0.15) is 5.82 Å². The van der Waals surface area contributed by atoms with Gasteiger partial charge in [0.05, 0.1) is 6.10 Å². The van der Waals surface area contributed by atoms with Gasteiger partial charge in [-0.3, -0.25) is 0 Å². The van der Waals surface area contributed by atoms with Crippen molar-refractivity contribution in [3.63, 3.8) is 0 Å². The molecular formula is C28H41FO3. The zero-order valence-electron chi connectivity index (χ0n) is 19.8. The van der Waals surface area contributed by atoms with Gasteiger partial charge in [-0.2, -0.15) is 0 Å². The second kappa shape index (κ2) is 8.06. The zero-order chi connectivity index (χ0) is 22.7. The Morgan fingerprint density at radius 3 is 2.34 bits per heavy atom. The van der Waals surface area contributed by atoms with Gasteiger partial charge >= 0.3 is 0 Å². The van der Waals surface area contributed by atoms with Crippen LogP contribution in [0.15, 0.2) is 24.3 Å². The van der Waals surface area contributed by atoms with E-state index in [-0.39, 0.29) is 23.3 Å². The molecule has 0 aliphatic heterocycles. The minimum absolute atomic E-state index is 0.0230. The molecule has 0 amide bonds. The third-order valence-corrected chi connectivity index (χ3v) is 10.9. The molecule has 8 atom stereocenters. The Balaban J connectivity index is 1.31. The quantitative estimate of drug-likeness (QED) is 0.541. The summed E-state index contributed by atoms with van der Waals surface area (Å²) in [6.07, 6.45) is 10.5. The lowest BCUT2D eigenvalue weighted by atomic mass is 9.44. The van der Waals surface area contributed by atoms with Crippen molar-refractivity contribution in [2.75, 3.05) is 0 Å². The Kier molecular flexibility index (Phi) is 5.74. The minimum Gasteiger partial charge on any atom is -0.393 e. The van der Waals surface area contributed by atoms with E-state index in [0.717, 1.165) is 50.0 Å². The molecule has 0 heterocycles. The van der Waals surface area contributed by atoms with Crippen molar-refractivity contribution in [1.29, 1.82) is 0 Å². The number of hydrogen-bond acceptors (Lipinski definition) is 3. The third-order valence-electron chi connectivity index (χ3n) is 10.9. The van der Waals surface area contributed by atoms with E-state index in [1.54, 1.807) is 12.1 Å². The average molecular weight is 445 g/mol. The van der Waals surface area contributed by atoms with Crippen LogP contribution in [0.1, 0.15) is 83.6 Å². The van der Waals surface area contributed by atoms with Gasteiger partial charge in [-0.25, -0.2) is 4.39 Å². The van der Waals surface area contributed by atoms with E-state index in [4.69, 9.17) is 0 Å². The molecule has 1 aromatic carbocycles. The Morgan fingerprint density at radius 1 is 0.906 bits per heavy atom. The van der Waals surface area contributed by atoms with E-state index in [1.165, 1.54) is 31.4 Å². The summed E-state index contributed by atoms with van der Waals surface area (Å²) >= 11 is 0. The van der Waals surface area contributed by atoms with Crippen molar-refractivity contribution in [3.05, 3.63) is 35.6 Å². The molecule has 0 radical (unpaired) electrons. The molecule has 5 rings (SSSR count). The second-order valence-electron chi connectivity index (χ2n) is 12.3. The molecule has 4 saturated carbocycles. The smallest absolute Gasteiger partial charge is 0.166 e. The molecule has 4 heteroatoms. The van der Waals surface area contributed by atoms with Crippen molar-refractivity contribution in [2.24, 2.45) is 40.4 Å². The van der Waals surface area contributed by atoms with Gasteiger partial charge in [0.2, 0.25) is 0 Å². The fourth-order valence-electron chi connectivity index (χ4n) is 9.15. The Bertz CT molecular complexity index is 822. The van der Waals surface area contributed by atoms with E-state index in [1.807, 2.05) is 0 Å². The number of hydrogen-bond donors (Lipinski definition) is 3. The SMILES string of the molecule is C[C@]12CC[C@H](O)C[C@@H]1CC[C@@H]1[C@@H]2CC[C@]2(C)[C@@H](C(O)(O)CCc3ccc(F)cc3)CC[C@@H]12. The topological polar surface area (TPSA) is 60.7 Å². The Labute approximate surface area is 192 Å². The molecule has 3 nitrogen and oxygen atoms in total. The van der Waals surface area contributed by atoms with Crippen LogP contribution in [-0.2, 0) is 6.42 Å². The summed E-state index contributed by atoms with van der Waals surface area (Å²) < 4.78 is 13.2. The van der Waals surface area contributed by atoms with Gasteiger partial charge in [0, 0.05) is 12.3 Å². The van der Waals surface area contributed by atoms with Crippen molar-refractivity contribution in [1.82, 2.24) is 0 Å². The van der Waals surface area contributed by atoms with Crippen molar-refractivity contribution in [2.45, 2.75) is 96.4 Å². The van der Waals surface area contributed by atoms with Crippen LogP contribution in [0, 0.1) is 46.2 Å². The first kappa shape index (κ1) is 22.8. The summed E-state index contributed by atoms with van der Waals surface area (Å²) in [4.78, 5) is 0. The van der Waals surface area contributed by atoms with E-state index in [2.05, 4.69) is 13.8 Å². The van der Waals surface area contributed by atoms with Crippen LogP contribution < -0.4 is 0 Å². The summed E-state index contributed by atoms with van der Waals surface area (Å²) in [6.45, 7) is 4.84. The first-order valence-corrected chi connectivity index (χ1v) is 13.0. The summed E-state index contributed by atoms with van der Waals surface area (Å²) in [6, 6.07) is 6.38. The van der Waals surface area contributed by atoms with Gasteiger partial charge in [-0.15, -0.1) is 0 Å². The standard InChI is InChI=1S/C28H41FO3/c1-26-14-12-21(30)17-19(26)5-8-22-23-9-10-25(27(23,2)15-13-24(22)26)28(31,32)16-11-18-3-6-20(29)7-4-18/h3-4,6-7,19,21-25,30-32H,5,8-17H2,1-2H3/t19-,21-,22-,23-,24-,25-,26-,27-/m0/s1. The van der Waals surface area contributed by atoms with Crippen LogP contribution in [0.25, 0.3) is 0 Å². The summed E-state index contributed by atoms with van der Waals surface area (Å²) in [5.41, 5.74) is 1.28. The summed E-state index contributed by atoms with van der Waals surface area (Å²) in [5, 5.41) is 32.7. The predicted octanol–water partition coefficient (Wildman–Crippen LogP) is 5.46. The molecule has 0 aromatic heterocycles. The van der Waals surface area contributed by atoms with Crippen molar-refractivity contribution in [3.8, 4) is 0 Å². The van der Waals surface area contributed by atoms with Gasteiger partial charge in [0.15, 0.2) is 5.79 Å². The maximum Gasteiger partial charge on any atom is 0.166 e. The predicted molar refractivity (Wildman–Crippen MR) is 123 cm³/mol. The lowest BCUT2D eigenvalue weighted by Gasteiger charge is -2.61. The van der Waals surface area contributed by atoms with Crippen LogP contribution in [0.5, 0.6) is 0 Å². The largest absolute Gasteiger partial charge is 0.393 e. The Hall–Kier alpha value is -0.970. The molecule has 3 N–H and O–H groups in total. The van der Waals surface area contributed by atoms with E-state index < -0.39 is 5.79 Å². The second-order valence-corrected chi connectivity index (χ2v) is 12.3. The monoisotopic (exact) mass is 444 g/mol. The van der Waals surface area contributed by atoms with Gasteiger partial charge in [-0.1, -0.05) is 26.0 Å². The lowest BCUT2D eigenvalue weighted by molar-refractivity contribution is -0.237. The van der Waals surface area contributed by atoms with E-state index in [9.17, 15) is 19.7 Å². The number of aliphatic hydroxyl groups excluding tert-OH is 1. The lowest BCUT2D eigenvalue weighted by Crippen LogP contribution is -2.55. The number of benzene rings is 1. The van der Waals surface area contributed by atoms with Gasteiger partial charge in [-0.05, 0) is 116 Å². The van der Waals surface area contributed by atoms with Gasteiger partial charge in [0.25, 0.3) is 0 Å². The molecule has 4 aliphatic rings. The maximum atomic E-state index is 13.2. The highest BCUT2D eigenvalue weighted by atomic mass is 19.1. The number of halogens is 1. The fourth-order valence-corrected chi connectivity index (χ4v) is 9.15. The van der Waals surface area contributed by atoms with Gasteiger partial charge < -0.3 is 15.3 Å². The Morgan fingerprint density at radius 2 is 1.59 bits per heavy atom. The van der Waals surface area contributed by atoms with Crippen LogP contribution in [0.2, 0.25) is 0 Å². The first-order valence-electron chi connectivity index (χ1n) is 13.0. The molecule has 32 heavy (non-hydrogen) atoms. The third kappa shape index (κ3) is 3.65. The molecule has 0 spiro atoms.